The molecular weight excluding hydrogens is 248 g/mol. The zero-order valence-corrected chi connectivity index (χ0v) is 10.9. The van der Waals surface area contributed by atoms with Gasteiger partial charge in [0.2, 0.25) is 0 Å². The second-order valence-corrected chi connectivity index (χ2v) is 5.14. The van der Waals surface area contributed by atoms with E-state index in [2.05, 4.69) is 0 Å². The van der Waals surface area contributed by atoms with Crippen molar-refractivity contribution < 1.29 is 4.79 Å². The lowest BCUT2D eigenvalue weighted by atomic mass is 10.1. The second kappa shape index (κ2) is 6.26. The minimum absolute atomic E-state index is 0.00352. The van der Waals surface area contributed by atoms with Crippen LogP contribution in [-0.4, -0.2) is 18.3 Å². The molecule has 0 aliphatic rings. The molecule has 4 heteroatoms. The lowest BCUT2D eigenvalue weighted by Crippen LogP contribution is -1.94. The van der Waals surface area contributed by atoms with Crippen LogP contribution in [0, 0.1) is 0 Å². The van der Waals surface area contributed by atoms with Crippen LogP contribution in [0.25, 0.3) is 0 Å². The van der Waals surface area contributed by atoms with E-state index < -0.39 is 0 Å². The maximum Gasteiger partial charge on any atom is 0.187 e. The van der Waals surface area contributed by atoms with Crippen LogP contribution in [0.4, 0.5) is 0 Å². The molecule has 1 aromatic carbocycles. The Hall–Kier alpha value is -0.380. The molecule has 0 aliphatic heterocycles. The van der Waals surface area contributed by atoms with Crippen molar-refractivity contribution in [1.82, 2.24) is 0 Å². The molecule has 0 amide bonds. The number of carbonyl (C=O) groups is 1. The van der Waals surface area contributed by atoms with Crippen molar-refractivity contribution in [2.75, 3.05) is 12.5 Å². The SMILES string of the molecule is CSC(=CC(=O)c1cccc(Cl)c1)SC. The van der Waals surface area contributed by atoms with Gasteiger partial charge in [0.15, 0.2) is 5.78 Å². The van der Waals surface area contributed by atoms with Crippen LogP contribution in [0.3, 0.4) is 0 Å². The fraction of sp³-hybridized carbons (Fsp3) is 0.182. The summed E-state index contributed by atoms with van der Waals surface area (Å²) in [6.45, 7) is 0. The number of hydrogen-bond acceptors (Lipinski definition) is 3. The zero-order valence-electron chi connectivity index (χ0n) is 8.49. The quantitative estimate of drug-likeness (QED) is 0.598. The average molecular weight is 259 g/mol. The first kappa shape index (κ1) is 12.7. The molecule has 0 N–H and O–H groups in total. The lowest BCUT2D eigenvalue weighted by molar-refractivity contribution is 0.104. The summed E-state index contributed by atoms with van der Waals surface area (Å²) in [5.74, 6) is -0.00352. The van der Waals surface area contributed by atoms with Gasteiger partial charge in [-0.2, -0.15) is 0 Å². The van der Waals surface area contributed by atoms with Crippen molar-refractivity contribution in [3.05, 3.63) is 45.2 Å². The molecule has 0 fully saturated rings. The number of ketones is 1. The fourth-order valence-electron chi connectivity index (χ4n) is 1.03. The topological polar surface area (TPSA) is 17.1 Å². The van der Waals surface area contributed by atoms with Gasteiger partial charge in [0.1, 0.15) is 0 Å². The average Bonchev–Trinajstić information content (AvgIpc) is 2.25. The van der Waals surface area contributed by atoms with E-state index in [1.807, 2.05) is 12.5 Å². The van der Waals surface area contributed by atoms with Gasteiger partial charge < -0.3 is 0 Å². The maximum absolute atomic E-state index is 11.8. The van der Waals surface area contributed by atoms with Gasteiger partial charge in [-0.15, -0.1) is 23.5 Å². The number of thioether (sulfide) groups is 2. The highest BCUT2D eigenvalue weighted by Gasteiger charge is 2.04. The van der Waals surface area contributed by atoms with Crippen LogP contribution in [0.5, 0.6) is 0 Å². The first-order valence-corrected chi connectivity index (χ1v) is 7.09. The number of allylic oxidation sites excluding steroid dienone is 1. The third kappa shape index (κ3) is 3.93. The minimum atomic E-state index is -0.00352. The van der Waals surface area contributed by atoms with Crippen LogP contribution < -0.4 is 0 Å². The number of halogens is 1. The van der Waals surface area contributed by atoms with Gasteiger partial charge in [-0.3, -0.25) is 4.79 Å². The summed E-state index contributed by atoms with van der Waals surface area (Å²) in [6, 6.07) is 6.98. The molecule has 15 heavy (non-hydrogen) atoms. The van der Waals surface area contributed by atoms with Gasteiger partial charge in [-0.25, -0.2) is 0 Å². The van der Waals surface area contributed by atoms with E-state index in [1.54, 1.807) is 53.9 Å². The molecule has 0 atom stereocenters. The molecule has 0 aliphatic carbocycles. The van der Waals surface area contributed by atoms with E-state index in [0.29, 0.717) is 10.6 Å². The van der Waals surface area contributed by atoms with Crippen LogP contribution >= 0.6 is 35.1 Å². The molecular formula is C11H11ClOS2. The Morgan fingerprint density at radius 2 is 2.00 bits per heavy atom. The number of benzene rings is 1. The highest BCUT2D eigenvalue weighted by Crippen LogP contribution is 2.24. The predicted molar refractivity (Wildman–Crippen MR) is 70.9 cm³/mol. The van der Waals surface area contributed by atoms with Crippen molar-refractivity contribution in [2.24, 2.45) is 0 Å². The van der Waals surface area contributed by atoms with E-state index in [-0.39, 0.29) is 5.78 Å². The van der Waals surface area contributed by atoms with Gasteiger partial charge in [0.25, 0.3) is 0 Å². The third-order valence-electron chi connectivity index (χ3n) is 1.76. The van der Waals surface area contributed by atoms with Gasteiger partial charge in [0.05, 0.1) is 0 Å². The van der Waals surface area contributed by atoms with Crippen LogP contribution in [0.1, 0.15) is 10.4 Å². The summed E-state index contributed by atoms with van der Waals surface area (Å²) in [4.78, 5) is 11.8. The van der Waals surface area contributed by atoms with Crippen LogP contribution in [0.2, 0.25) is 5.02 Å². The highest BCUT2D eigenvalue weighted by atomic mass is 35.5. The zero-order chi connectivity index (χ0) is 11.3. The standard InChI is InChI=1S/C11H11ClOS2/c1-14-11(15-2)7-10(13)8-4-3-5-9(12)6-8/h3-7H,1-2H3. The molecule has 0 unspecified atom stereocenters. The minimum Gasteiger partial charge on any atom is -0.289 e. The van der Waals surface area contributed by atoms with Crippen LogP contribution in [-0.2, 0) is 0 Å². The van der Waals surface area contributed by atoms with Crippen molar-refractivity contribution in [3.8, 4) is 0 Å². The van der Waals surface area contributed by atoms with E-state index in [4.69, 9.17) is 11.6 Å². The summed E-state index contributed by atoms with van der Waals surface area (Å²) >= 11 is 8.94. The molecule has 0 saturated heterocycles. The van der Waals surface area contributed by atoms with E-state index in [0.717, 1.165) is 4.24 Å². The third-order valence-corrected chi connectivity index (χ3v) is 4.04. The molecule has 0 radical (unpaired) electrons. The predicted octanol–water partition coefficient (Wildman–Crippen LogP) is 4.09. The number of carbonyl (C=O) groups excluding carboxylic acids is 1. The molecule has 0 heterocycles. The Morgan fingerprint density at radius 1 is 1.33 bits per heavy atom. The van der Waals surface area contributed by atoms with Gasteiger partial charge >= 0.3 is 0 Å². The largest absolute Gasteiger partial charge is 0.289 e. The van der Waals surface area contributed by atoms with Gasteiger partial charge in [-0.1, -0.05) is 23.7 Å². The maximum atomic E-state index is 11.8. The summed E-state index contributed by atoms with van der Waals surface area (Å²) in [6.07, 6.45) is 5.54. The molecule has 0 saturated carbocycles. The normalized spacial score (nSPS) is 9.80. The van der Waals surface area contributed by atoms with E-state index >= 15 is 0 Å². The van der Waals surface area contributed by atoms with Crippen molar-refractivity contribution in [3.63, 3.8) is 0 Å². The monoisotopic (exact) mass is 258 g/mol. The van der Waals surface area contributed by atoms with E-state index in [9.17, 15) is 4.79 Å². The van der Waals surface area contributed by atoms with Crippen molar-refractivity contribution >= 4 is 40.9 Å². The Morgan fingerprint density at radius 3 is 2.53 bits per heavy atom. The lowest BCUT2D eigenvalue weighted by Gasteiger charge is -1.99. The molecule has 1 rings (SSSR count). The first-order valence-electron chi connectivity index (χ1n) is 4.27. The van der Waals surface area contributed by atoms with Crippen molar-refractivity contribution in [2.45, 2.75) is 0 Å². The molecule has 80 valence electrons. The summed E-state index contributed by atoms with van der Waals surface area (Å²) in [5, 5.41) is 0.587. The summed E-state index contributed by atoms with van der Waals surface area (Å²) < 4.78 is 1.000. The molecule has 1 nitrogen and oxygen atoms in total. The Kier molecular flexibility index (Phi) is 5.29. The summed E-state index contributed by atoms with van der Waals surface area (Å²) in [7, 11) is 0. The number of rotatable bonds is 4. The molecule has 1 aromatic rings. The first-order chi connectivity index (χ1) is 7.17. The summed E-state index contributed by atoms with van der Waals surface area (Å²) in [5.41, 5.74) is 0.628. The highest BCUT2D eigenvalue weighted by molar-refractivity contribution is 8.21. The van der Waals surface area contributed by atoms with Gasteiger partial charge in [-0.05, 0) is 24.6 Å². The Labute approximate surface area is 103 Å². The Balaban J connectivity index is 2.90. The molecule has 0 spiro atoms. The number of hydrogen-bond donors (Lipinski definition) is 0. The molecule has 0 bridgehead atoms. The second-order valence-electron chi connectivity index (χ2n) is 2.75. The van der Waals surface area contributed by atoms with Crippen LogP contribution in [0.15, 0.2) is 34.6 Å². The van der Waals surface area contributed by atoms with Crippen molar-refractivity contribution in [1.29, 1.82) is 0 Å². The smallest absolute Gasteiger partial charge is 0.187 e. The van der Waals surface area contributed by atoms with E-state index in [1.165, 1.54) is 0 Å². The fourth-order valence-corrected chi connectivity index (χ4v) is 2.34. The Bertz CT molecular complexity index is 382. The van der Waals surface area contributed by atoms with Gasteiger partial charge in [0, 0.05) is 20.9 Å². The molecule has 0 aromatic heterocycles.